The molecule has 0 amide bonds. The van der Waals surface area contributed by atoms with Crippen LogP contribution in [0.15, 0.2) is 24.3 Å². The molecule has 1 aromatic heterocycles. The van der Waals surface area contributed by atoms with Gasteiger partial charge in [0.1, 0.15) is 0 Å². The summed E-state index contributed by atoms with van der Waals surface area (Å²) in [6.07, 6.45) is 8.08. The van der Waals surface area contributed by atoms with Gasteiger partial charge in [-0.15, -0.1) is 11.3 Å². The maximum absolute atomic E-state index is 5.09. The number of nitrogens with zero attached hydrogens (tertiary/aromatic N) is 2. The van der Waals surface area contributed by atoms with Crippen molar-refractivity contribution < 1.29 is 0 Å². The summed E-state index contributed by atoms with van der Waals surface area (Å²) in [7, 11) is 0. The summed E-state index contributed by atoms with van der Waals surface area (Å²) in [6, 6.07) is 9.66. The Kier molecular flexibility index (Phi) is 3.12. The van der Waals surface area contributed by atoms with Crippen molar-refractivity contribution in [2.75, 3.05) is 13.1 Å². The quantitative estimate of drug-likeness (QED) is 0.660. The Morgan fingerprint density at radius 3 is 3.05 bits per heavy atom. The molecule has 0 spiro atoms. The molecule has 0 unspecified atom stereocenters. The summed E-state index contributed by atoms with van der Waals surface area (Å²) in [6.45, 7) is 2.56. The molecule has 2 atom stereocenters. The molecule has 0 bridgehead atoms. The molecule has 0 radical (unpaired) electrons. The summed E-state index contributed by atoms with van der Waals surface area (Å²) in [5.74, 6) is 0.678. The van der Waals surface area contributed by atoms with E-state index in [0.717, 1.165) is 12.5 Å². The molecule has 1 aliphatic carbocycles. The number of aromatic nitrogens is 1. The second-order valence-electron chi connectivity index (χ2n) is 7.08. The van der Waals surface area contributed by atoms with E-state index in [4.69, 9.17) is 4.98 Å². The van der Waals surface area contributed by atoms with Gasteiger partial charge < -0.3 is 0 Å². The predicted octanol–water partition coefficient (Wildman–Crippen LogP) is 4.45. The zero-order valence-electron chi connectivity index (χ0n) is 12.9. The van der Waals surface area contributed by atoms with Gasteiger partial charge in [0.15, 0.2) is 0 Å². The van der Waals surface area contributed by atoms with Crippen LogP contribution in [0.3, 0.4) is 0 Å². The Labute approximate surface area is 136 Å². The third kappa shape index (κ3) is 2.06. The van der Waals surface area contributed by atoms with Crippen molar-refractivity contribution >= 4 is 11.3 Å². The lowest BCUT2D eigenvalue weighted by molar-refractivity contribution is 0.0959. The number of hydrogen-bond acceptors (Lipinski definition) is 3. The molecule has 0 N–H and O–H groups in total. The van der Waals surface area contributed by atoms with Crippen LogP contribution in [0.2, 0.25) is 0 Å². The smallest absolute Gasteiger partial charge is 0.0979 e. The number of piperidine rings is 2. The second-order valence-corrected chi connectivity index (χ2v) is 8.19. The van der Waals surface area contributed by atoms with Crippen molar-refractivity contribution in [1.82, 2.24) is 9.88 Å². The van der Waals surface area contributed by atoms with Crippen molar-refractivity contribution in [2.24, 2.45) is 0 Å². The monoisotopic (exact) mass is 310 g/mol. The Bertz CT molecular complexity index is 705. The molecule has 2 saturated heterocycles. The molecule has 0 saturated carbocycles. The zero-order chi connectivity index (χ0) is 14.5. The van der Waals surface area contributed by atoms with E-state index >= 15 is 0 Å². The zero-order valence-corrected chi connectivity index (χ0v) is 13.7. The van der Waals surface area contributed by atoms with Crippen LogP contribution in [0.4, 0.5) is 0 Å². The van der Waals surface area contributed by atoms with Crippen LogP contribution in [0.1, 0.15) is 53.5 Å². The van der Waals surface area contributed by atoms with E-state index in [1.165, 1.54) is 71.9 Å². The lowest BCUT2D eigenvalue weighted by atomic mass is 9.88. The van der Waals surface area contributed by atoms with Crippen molar-refractivity contribution in [2.45, 2.75) is 50.5 Å². The van der Waals surface area contributed by atoms with Gasteiger partial charge in [0, 0.05) is 35.4 Å². The fraction of sp³-hybridized carbons (Fsp3) is 0.526. The Hall–Kier alpha value is -1.19. The lowest BCUT2D eigenvalue weighted by Gasteiger charge is -2.42. The minimum Gasteiger partial charge on any atom is -0.300 e. The highest BCUT2D eigenvalue weighted by Crippen LogP contribution is 2.43. The van der Waals surface area contributed by atoms with E-state index in [-0.39, 0.29) is 0 Å². The van der Waals surface area contributed by atoms with Crippen LogP contribution >= 0.6 is 11.3 Å². The molecule has 2 fully saturated rings. The summed E-state index contributed by atoms with van der Waals surface area (Å²) < 4.78 is 0. The third-order valence-corrected chi connectivity index (χ3v) is 6.96. The number of rotatable bonds is 1. The summed E-state index contributed by atoms with van der Waals surface area (Å²) in [5, 5.41) is 1.41. The third-order valence-electron chi connectivity index (χ3n) is 5.74. The lowest BCUT2D eigenvalue weighted by Crippen LogP contribution is -2.45. The molecule has 2 nitrogen and oxygen atoms in total. The van der Waals surface area contributed by atoms with Gasteiger partial charge in [-0.1, -0.05) is 30.7 Å². The van der Waals surface area contributed by atoms with Crippen LogP contribution in [0.5, 0.6) is 0 Å². The average Bonchev–Trinajstić information content (AvgIpc) is 3.12. The largest absolute Gasteiger partial charge is 0.300 e. The van der Waals surface area contributed by atoms with Gasteiger partial charge in [-0.3, -0.25) is 4.90 Å². The molecule has 22 heavy (non-hydrogen) atoms. The first-order chi connectivity index (χ1) is 10.9. The molecule has 5 rings (SSSR count). The van der Waals surface area contributed by atoms with Crippen LogP contribution in [0, 0.1) is 0 Å². The highest BCUT2D eigenvalue weighted by molar-refractivity contribution is 7.12. The molecule has 114 valence electrons. The van der Waals surface area contributed by atoms with Crippen LogP contribution in [-0.4, -0.2) is 29.0 Å². The SMILES string of the molecule is c1ccc2c(c1)Cc1sc([C@@H]3CC[C@@H]4CCCCN4C3)nc1-2. The molecule has 3 aliphatic rings. The van der Waals surface area contributed by atoms with Crippen molar-refractivity contribution in [3.8, 4) is 11.3 Å². The van der Waals surface area contributed by atoms with Gasteiger partial charge in [-0.05, 0) is 37.8 Å². The average molecular weight is 310 g/mol. The van der Waals surface area contributed by atoms with Crippen molar-refractivity contribution in [3.05, 3.63) is 39.7 Å². The number of hydrogen-bond donors (Lipinski definition) is 0. The van der Waals surface area contributed by atoms with E-state index in [2.05, 4.69) is 29.2 Å². The first kappa shape index (κ1) is 13.3. The van der Waals surface area contributed by atoms with E-state index in [1.54, 1.807) is 0 Å². The summed E-state index contributed by atoms with van der Waals surface area (Å²) in [5.41, 5.74) is 4.13. The summed E-state index contributed by atoms with van der Waals surface area (Å²) >= 11 is 1.99. The van der Waals surface area contributed by atoms with Gasteiger partial charge in [-0.2, -0.15) is 0 Å². The van der Waals surface area contributed by atoms with Gasteiger partial charge in [0.25, 0.3) is 0 Å². The molecule has 3 heteroatoms. The fourth-order valence-electron chi connectivity index (χ4n) is 4.55. The van der Waals surface area contributed by atoms with Crippen molar-refractivity contribution in [1.29, 1.82) is 0 Å². The van der Waals surface area contributed by atoms with E-state index in [1.807, 2.05) is 11.3 Å². The van der Waals surface area contributed by atoms with Crippen LogP contribution < -0.4 is 0 Å². The molecular weight excluding hydrogens is 288 g/mol. The molecule has 1 aromatic carbocycles. The molecule has 2 aliphatic heterocycles. The van der Waals surface area contributed by atoms with Crippen LogP contribution in [-0.2, 0) is 6.42 Å². The Balaban J connectivity index is 1.42. The van der Waals surface area contributed by atoms with Crippen LogP contribution in [0.25, 0.3) is 11.3 Å². The van der Waals surface area contributed by atoms with E-state index in [0.29, 0.717) is 5.92 Å². The molecule has 3 heterocycles. The highest BCUT2D eigenvalue weighted by atomic mass is 32.1. The van der Waals surface area contributed by atoms with Gasteiger partial charge in [0.05, 0.1) is 10.7 Å². The normalized spacial score (nSPS) is 27.3. The van der Waals surface area contributed by atoms with Gasteiger partial charge in [-0.25, -0.2) is 4.98 Å². The van der Waals surface area contributed by atoms with E-state index in [9.17, 15) is 0 Å². The number of fused-ring (bicyclic) bond motifs is 4. The minimum atomic E-state index is 0.678. The maximum Gasteiger partial charge on any atom is 0.0979 e. The molecular formula is C19H22N2S. The highest BCUT2D eigenvalue weighted by Gasteiger charge is 2.33. The predicted molar refractivity (Wildman–Crippen MR) is 91.5 cm³/mol. The first-order valence-corrected chi connectivity index (χ1v) is 9.52. The standard InChI is InChI=1S/C19H22N2S/c1-2-7-16-13(5-1)11-17-18(16)20-19(22-17)14-8-9-15-6-3-4-10-21(15)12-14/h1-2,5,7,14-15H,3-4,6,8-12H2/t14-,15+/m1/s1. The van der Waals surface area contributed by atoms with E-state index < -0.39 is 0 Å². The van der Waals surface area contributed by atoms with Gasteiger partial charge in [0.2, 0.25) is 0 Å². The topological polar surface area (TPSA) is 16.1 Å². The van der Waals surface area contributed by atoms with Gasteiger partial charge >= 0.3 is 0 Å². The second kappa shape index (κ2) is 5.17. The number of benzene rings is 1. The Morgan fingerprint density at radius 2 is 2.05 bits per heavy atom. The first-order valence-electron chi connectivity index (χ1n) is 8.70. The fourth-order valence-corrected chi connectivity index (χ4v) is 5.78. The minimum absolute atomic E-state index is 0.678. The maximum atomic E-state index is 5.09. The summed E-state index contributed by atoms with van der Waals surface area (Å²) in [4.78, 5) is 9.33. The van der Waals surface area contributed by atoms with Crippen molar-refractivity contribution in [3.63, 3.8) is 0 Å². The molecule has 2 aromatic rings. The Morgan fingerprint density at radius 1 is 1.09 bits per heavy atom. The number of thiazole rings is 1.